The Morgan fingerprint density at radius 1 is 1.11 bits per heavy atom. The van der Waals surface area contributed by atoms with Gasteiger partial charge in [-0.1, -0.05) is 30.3 Å². The molecule has 0 aliphatic rings. The molecule has 2 N–H and O–H groups in total. The molecule has 5 nitrogen and oxygen atoms in total. The Morgan fingerprint density at radius 3 is 2.71 bits per heavy atom. The van der Waals surface area contributed by atoms with Crippen molar-refractivity contribution in [2.75, 3.05) is 19.0 Å². The topological polar surface area (TPSA) is 73.7 Å². The van der Waals surface area contributed by atoms with Gasteiger partial charge >= 0.3 is 0 Å². The zero-order valence-electron chi connectivity index (χ0n) is 15.5. The van der Waals surface area contributed by atoms with Gasteiger partial charge in [0.25, 0.3) is 0 Å². The molecule has 138 valence electrons. The summed E-state index contributed by atoms with van der Waals surface area (Å²) in [6, 6.07) is 22.1. The van der Waals surface area contributed by atoms with Gasteiger partial charge in [-0.25, -0.2) is 4.98 Å². The minimum atomic E-state index is 0.0793. The van der Waals surface area contributed by atoms with Crippen LogP contribution in [0.15, 0.2) is 73.1 Å². The molecule has 0 fully saturated rings. The van der Waals surface area contributed by atoms with Crippen molar-refractivity contribution in [1.29, 1.82) is 5.26 Å². The number of para-hydroxylation sites is 1. The van der Waals surface area contributed by atoms with Crippen molar-refractivity contribution < 1.29 is 4.74 Å². The molecule has 0 bridgehead atoms. The van der Waals surface area contributed by atoms with Crippen LogP contribution in [0.1, 0.15) is 22.6 Å². The van der Waals surface area contributed by atoms with Crippen LogP contribution >= 0.6 is 0 Å². The number of methoxy groups -OCH3 is 1. The number of pyridine rings is 1. The lowest BCUT2D eigenvalue weighted by molar-refractivity contribution is 0.414. The number of fused-ring (bicyclic) bond motifs is 1. The molecule has 5 heteroatoms. The second kappa shape index (κ2) is 7.85. The van der Waals surface area contributed by atoms with Gasteiger partial charge in [-0.05, 0) is 41.5 Å². The smallest absolute Gasteiger partial charge is 0.143 e. The SMILES string of the molecule is COc1ccc([C@H](CNc2ncccc2C#N)c2c[nH]c3ccccc23)cc1. The number of ether oxygens (including phenoxy) is 1. The summed E-state index contributed by atoms with van der Waals surface area (Å²) in [6.45, 7) is 0.611. The minimum absolute atomic E-state index is 0.0793. The summed E-state index contributed by atoms with van der Waals surface area (Å²) in [7, 11) is 1.66. The molecule has 0 saturated heterocycles. The van der Waals surface area contributed by atoms with Crippen LogP contribution in [0.4, 0.5) is 5.82 Å². The Labute approximate surface area is 163 Å². The van der Waals surface area contributed by atoms with Crippen LogP contribution in [-0.2, 0) is 0 Å². The third-order valence-electron chi connectivity index (χ3n) is 4.92. The van der Waals surface area contributed by atoms with E-state index in [0.717, 1.165) is 16.8 Å². The number of aromatic nitrogens is 2. The Bertz CT molecular complexity index is 1130. The summed E-state index contributed by atoms with van der Waals surface area (Å²) >= 11 is 0. The zero-order chi connectivity index (χ0) is 19.3. The van der Waals surface area contributed by atoms with Gasteiger partial charge < -0.3 is 15.0 Å². The monoisotopic (exact) mass is 368 g/mol. The largest absolute Gasteiger partial charge is 0.497 e. The summed E-state index contributed by atoms with van der Waals surface area (Å²) in [5.41, 5.74) is 4.00. The van der Waals surface area contributed by atoms with Gasteiger partial charge in [0.15, 0.2) is 0 Å². The van der Waals surface area contributed by atoms with Crippen molar-refractivity contribution in [3.05, 3.63) is 89.7 Å². The molecule has 4 aromatic rings. The molecular weight excluding hydrogens is 348 g/mol. The van der Waals surface area contributed by atoms with Crippen molar-refractivity contribution in [3.8, 4) is 11.8 Å². The molecule has 2 heterocycles. The molecule has 0 aliphatic carbocycles. The number of nitrogens with zero attached hydrogens (tertiary/aromatic N) is 2. The highest BCUT2D eigenvalue weighted by Gasteiger charge is 2.19. The number of nitriles is 1. The molecule has 4 rings (SSSR count). The van der Waals surface area contributed by atoms with E-state index >= 15 is 0 Å². The van der Waals surface area contributed by atoms with Crippen molar-refractivity contribution in [2.24, 2.45) is 0 Å². The van der Waals surface area contributed by atoms with Crippen LogP contribution in [0.25, 0.3) is 10.9 Å². The van der Waals surface area contributed by atoms with Crippen LogP contribution in [0, 0.1) is 11.3 Å². The first-order valence-electron chi connectivity index (χ1n) is 9.09. The fraction of sp³-hybridized carbons (Fsp3) is 0.130. The maximum Gasteiger partial charge on any atom is 0.143 e. The first kappa shape index (κ1) is 17.6. The van der Waals surface area contributed by atoms with E-state index in [1.54, 1.807) is 25.4 Å². The Hall–Kier alpha value is -3.78. The maximum absolute atomic E-state index is 9.33. The number of hydrogen-bond donors (Lipinski definition) is 2. The van der Waals surface area contributed by atoms with E-state index in [9.17, 15) is 5.26 Å². The average Bonchev–Trinajstić information content (AvgIpc) is 3.19. The summed E-state index contributed by atoms with van der Waals surface area (Å²) in [6.07, 6.45) is 3.75. The summed E-state index contributed by atoms with van der Waals surface area (Å²) < 4.78 is 5.30. The fourth-order valence-corrected chi connectivity index (χ4v) is 3.46. The zero-order valence-corrected chi connectivity index (χ0v) is 15.5. The second-order valence-corrected chi connectivity index (χ2v) is 6.51. The van der Waals surface area contributed by atoms with Crippen molar-refractivity contribution in [2.45, 2.75) is 5.92 Å². The molecule has 0 saturated carbocycles. The van der Waals surface area contributed by atoms with Gasteiger partial charge in [0.05, 0.1) is 12.7 Å². The van der Waals surface area contributed by atoms with Crippen LogP contribution in [0.5, 0.6) is 5.75 Å². The minimum Gasteiger partial charge on any atom is -0.497 e. The number of anilines is 1. The van der Waals surface area contributed by atoms with E-state index in [1.807, 2.05) is 24.3 Å². The number of aromatic amines is 1. The van der Waals surface area contributed by atoms with E-state index in [1.165, 1.54) is 10.9 Å². The van der Waals surface area contributed by atoms with Crippen LogP contribution in [-0.4, -0.2) is 23.6 Å². The lowest BCUT2D eigenvalue weighted by Gasteiger charge is -2.19. The summed E-state index contributed by atoms with van der Waals surface area (Å²) in [5.74, 6) is 1.50. The molecule has 0 unspecified atom stereocenters. The molecule has 0 radical (unpaired) electrons. The predicted octanol–water partition coefficient (Wildman–Crippen LogP) is 4.69. The van der Waals surface area contributed by atoms with Gasteiger partial charge in [0, 0.05) is 35.8 Å². The average molecular weight is 368 g/mol. The maximum atomic E-state index is 9.33. The van der Waals surface area contributed by atoms with E-state index in [0.29, 0.717) is 17.9 Å². The van der Waals surface area contributed by atoms with Crippen LogP contribution < -0.4 is 10.1 Å². The predicted molar refractivity (Wildman–Crippen MR) is 111 cm³/mol. The number of rotatable bonds is 6. The first-order chi connectivity index (χ1) is 13.8. The number of hydrogen-bond acceptors (Lipinski definition) is 4. The lowest BCUT2D eigenvalue weighted by Crippen LogP contribution is -2.15. The first-order valence-corrected chi connectivity index (χ1v) is 9.09. The normalized spacial score (nSPS) is 11.7. The molecule has 0 aliphatic heterocycles. The van der Waals surface area contributed by atoms with Crippen LogP contribution in [0.3, 0.4) is 0 Å². The van der Waals surface area contributed by atoms with Crippen molar-refractivity contribution >= 4 is 16.7 Å². The third kappa shape index (κ3) is 3.40. The molecule has 0 spiro atoms. The van der Waals surface area contributed by atoms with E-state index in [2.05, 4.69) is 51.8 Å². The fourth-order valence-electron chi connectivity index (χ4n) is 3.46. The summed E-state index contributed by atoms with van der Waals surface area (Å²) in [4.78, 5) is 7.69. The van der Waals surface area contributed by atoms with Gasteiger partial charge in [-0.3, -0.25) is 0 Å². The molecule has 2 aromatic carbocycles. The van der Waals surface area contributed by atoms with Gasteiger partial charge in [-0.2, -0.15) is 5.26 Å². The Morgan fingerprint density at radius 2 is 1.93 bits per heavy atom. The highest BCUT2D eigenvalue weighted by atomic mass is 16.5. The van der Waals surface area contributed by atoms with Crippen molar-refractivity contribution in [1.82, 2.24) is 9.97 Å². The van der Waals surface area contributed by atoms with E-state index in [-0.39, 0.29) is 5.92 Å². The van der Waals surface area contributed by atoms with Gasteiger partial charge in [-0.15, -0.1) is 0 Å². The lowest BCUT2D eigenvalue weighted by atomic mass is 9.90. The highest BCUT2D eigenvalue weighted by molar-refractivity contribution is 5.84. The molecule has 1 atom stereocenters. The van der Waals surface area contributed by atoms with Gasteiger partial charge in [0.1, 0.15) is 17.6 Å². The summed E-state index contributed by atoms with van der Waals surface area (Å²) in [5, 5.41) is 13.9. The highest BCUT2D eigenvalue weighted by Crippen LogP contribution is 2.32. The number of nitrogens with one attached hydrogen (secondary N) is 2. The molecular formula is C23H20N4O. The molecule has 0 amide bonds. The molecule has 2 aromatic heterocycles. The Kier molecular flexibility index (Phi) is 4.94. The number of benzene rings is 2. The Balaban J connectivity index is 1.72. The quantitative estimate of drug-likeness (QED) is 0.518. The standard InChI is InChI=1S/C23H20N4O/c1-28-18-10-8-16(9-11-18)20(14-27-23-17(13-24)5-4-12-25-23)21-15-26-22-7-3-2-6-19(21)22/h2-12,15,20,26H,14H2,1H3,(H,25,27)/t20-/m0/s1. The van der Waals surface area contributed by atoms with E-state index in [4.69, 9.17) is 4.74 Å². The van der Waals surface area contributed by atoms with Crippen molar-refractivity contribution in [3.63, 3.8) is 0 Å². The van der Waals surface area contributed by atoms with Gasteiger partial charge in [0.2, 0.25) is 0 Å². The van der Waals surface area contributed by atoms with E-state index < -0.39 is 0 Å². The third-order valence-corrected chi connectivity index (χ3v) is 4.92. The van der Waals surface area contributed by atoms with Crippen LogP contribution in [0.2, 0.25) is 0 Å². The molecule has 28 heavy (non-hydrogen) atoms. The number of H-pyrrole nitrogens is 1. The second-order valence-electron chi connectivity index (χ2n) is 6.51.